The quantitative estimate of drug-likeness (QED) is 0.0627. The zero-order chi connectivity index (χ0) is 38.2. The Bertz CT molecular complexity index is 662. The van der Waals surface area contributed by atoms with E-state index in [0.29, 0.717) is 24.0 Å². The van der Waals surface area contributed by atoms with E-state index >= 15 is 0 Å². The molecule has 0 bridgehead atoms. The summed E-state index contributed by atoms with van der Waals surface area (Å²) < 4.78 is 0. The molecule has 1 saturated carbocycles. The molecular weight excluding hydrogens is 645 g/mol. The smallest absolute Gasteiger partial charge is 0.0431 e. The zero-order valence-electron chi connectivity index (χ0n) is 37.1. The summed E-state index contributed by atoms with van der Waals surface area (Å²) in [6, 6.07) is 0. The molecule has 1 fully saturated rings. The van der Waals surface area contributed by atoms with Gasteiger partial charge in [0.25, 0.3) is 0 Å². The second-order valence-electron chi connectivity index (χ2n) is 18.6. The van der Waals surface area contributed by atoms with Gasteiger partial charge in [0.1, 0.15) is 0 Å². The molecule has 0 unspecified atom stereocenters. The lowest BCUT2D eigenvalue weighted by atomic mass is 9.51. The van der Waals surface area contributed by atoms with Crippen molar-refractivity contribution in [2.45, 2.75) is 303 Å². The molecule has 0 spiro atoms. The minimum Gasteiger partial charge on any atom is -0.396 e. The second kappa shape index (κ2) is 38.8. The predicted octanol–water partition coefficient (Wildman–Crippen LogP) is 17.6. The van der Waals surface area contributed by atoms with Crippen molar-refractivity contribution in [1.82, 2.24) is 0 Å². The molecule has 0 saturated heterocycles. The number of aliphatic hydroxyl groups is 2. The molecule has 0 aromatic rings. The summed E-state index contributed by atoms with van der Waals surface area (Å²) in [5.41, 5.74) is 0.929. The molecule has 318 valence electrons. The first-order chi connectivity index (χ1) is 26.2. The van der Waals surface area contributed by atoms with Crippen molar-refractivity contribution >= 4 is 0 Å². The van der Waals surface area contributed by atoms with Gasteiger partial charge in [0, 0.05) is 13.2 Å². The summed E-state index contributed by atoms with van der Waals surface area (Å²) in [7, 11) is 0. The summed E-state index contributed by atoms with van der Waals surface area (Å²) in [4.78, 5) is 0. The van der Waals surface area contributed by atoms with Gasteiger partial charge >= 0.3 is 0 Å². The number of hydrogen-bond acceptors (Lipinski definition) is 2. The molecule has 1 aliphatic rings. The molecule has 0 aromatic carbocycles. The maximum atomic E-state index is 9.74. The molecule has 2 N–H and O–H groups in total. The van der Waals surface area contributed by atoms with Crippen LogP contribution in [0.25, 0.3) is 0 Å². The van der Waals surface area contributed by atoms with Gasteiger partial charge in [-0.2, -0.15) is 0 Å². The van der Waals surface area contributed by atoms with E-state index in [1.165, 1.54) is 276 Å². The predicted molar refractivity (Wildman–Crippen MR) is 238 cm³/mol. The number of unbranched alkanes of at least 4 members (excludes halogenated alkanes) is 26. The molecule has 0 aliphatic heterocycles. The largest absolute Gasteiger partial charge is 0.396 e. The Hall–Kier alpha value is -0.0800. The Balaban J connectivity index is 3.06. The molecule has 53 heavy (non-hydrogen) atoms. The van der Waals surface area contributed by atoms with Gasteiger partial charge in [-0.15, -0.1) is 0 Å². The highest BCUT2D eigenvalue weighted by atomic mass is 16.3. The maximum absolute atomic E-state index is 9.74. The lowest BCUT2D eigenvalue weighted by Crippen LogP contribution is -2.43. The van der Waals surface area contributed by atoms with Crippen LogP contribution in [0, 0.1) is 10.8 Å². The highest BCUT2D eigenvalue weighted by Crippen LogP contribution is 2.59. The second-order valence-corrected chi connectivity index (χ2v) is 18.6. The molecule has 2 heteroatoms. The van der Waals surface area contributed by atoms with Crippen LogP contribution in [0.15, 0.2) is 0 Å². The van der Waals surface area contributed by atoms with Gasteiger partial charge < -0.3 is 10.2 Å². The third-order valence-corrected chi connectivity index (χ3v) is 14.1. The van der Waals surface area contributed by atoms with Crippen LogP contribution in [0.5, 0.6) is 0 Å². The lowest BCUT2D eigenvalue weighted by Gasteiger charge is -2.53. The molecule has 0 amide bonds. The fourth-order valence-corrected chi connectivity index (χ4v) is 10.6. The third kappa shape index (κ3) is 27.2. The topological polar surface area (TPSA) is 40.5 Å². The molecular formula is C51H102O2. The van der Waals surface area contributed by atoms with Crippen molar-refractivity contribution in [1.29, 1.82) is 0 Å². The summed E-state index contributed by atoms with van der Waals surface area (Å²) in [5, 5.41) is 19.5. The fraction of sp³-hybridized carbons (Fsp3) is 1.00. The Kier molecular flexibility index (Phi) is 37.3. The van der Waals surface area contributed by atoms with Crippen LogP contribution in [0.1, 0.15) is 303 Å². The minimum absolute atomic E-state index is 0.354. The monoisotopic (exact) mass is 747 g/mol. The standard InChI is InChI=1S/C51H102O2/c1-3-5-7-9-11-13-15-17-20-24-28-34-42-50(43-35-29-25-21-18-16-14-12-10-8-6-4-2)44-36-30-26-22-19-23-27-31-37-45-51(50,46-38-32-40-48-52)47-39-33-41-49-53/h52-53H,3-49H2,1-2H3. The van der Waals surface area contributed by atoms with E-state index in [1.807, 2.05) is 0 Å². The molecule has 1 aliphatic carbocycles. The highest BCUT2D eigenvalue weighted by molar-refractivity contribution is 4.98. The summed E-state index contributed by atoms with van der Waals surface area (Å²) in [6.45, 7) is 5.35. The van der Waals surface area contributed by atoms with E-state index in [9.17, 15) is 10.2 Å². The van der Waals surface area contributed by atoms with Crippen LogP contribution < -0.4 is 0 Å². The van der Waals surface area contributed by atoms with Gasteiger partial charge in [0.15, 0.2) is 0 Å². The van der Waals surface area contributed by atoms with Gasteiger partial charge in [-0.3, -0.25) is 0 Å². The first-order valence-electron chi connectivity index (χ1n) is 25.4. The van der Waals surface area contributed by atoms with Gasteiger partial charge in [-0.1, -0.05) is 251 Å². The van der Waals surface area contributed by atoms with Crippen molar-refractivity contribution in [3.05, 3.63) is 0 Å². The molecule has 0 heterocycles. The van der Waals surface area contributed by atoms with E-state index in [-0.39, 0.29) is 0 Å². The van der Waals surface area contributed by atoms with E-state index in [2.05, 4.69) is 13.8 Å². The van der Waals surface area contributed by atoms with E-state index < -0.39 is 0 Å². The summed E-state index contributed by atoms with van der Waals surface area (Å²) in [6.07, 6.45) is 63.2. The number of rotatable bonds is 36. The van der Waals surface area contributed by atoms with Gasteiger partial charge in [-0.25, -0.2) is 0 Å². The van der Waals surface area contributed by atoms with Crippen LogP contribution in [-0.2, 0) is 0 Å². The van der Waals surface area contributed by atoms with Crippen LogP contribution in [0.3, 0.4) is 0 Å². The maximum Gasteiger partial charge on any atom is 0.0431 e. The minimum atomic E-state index is 0.354. The molecule has 1 rings (SSSR count). The first kappa shape index (κ1) is 50.9. The molecule has 0 radical (unpaired) electrons. The SMILES string of the molecule is CCCCCCCCCCCCCCC1(CCCCCCCCCCCCCC)CCCCCCCCCCCC1(CCCCCO)CCCCCO. The first-order valence-corrected chi connectivity index (χ1v) is 25.4. The van der Waals surface area contributed by atoms with Gasteiger partial charge in [-0.05, 0) is 62.2 Å². The average Bonchev–Trinajstić information content (AvgIpc) is 3.18. The molecule has 0 aromatic heterocycles. The van der Waals surface area contributed by atoms with Crippen LogP contribution in [-0.4, -0.2) is 23.4 Å². The zero-order valence-corrected chi connectivity index (χ0v) is 37.1. The van der Waals surface area contributed by atoms with Gasteiger partial charge in [0.05, 0.1) is 0 Å². The normalized spacial score (nSPS) is 17.0. The highest BCUT2D eigenvalue weighted by Gasteiger charge is 2.48. The molecule has 0 atom stereocenters. The Morgan fingerprint density at radius 3 is 0.717 bits per heavy atom. The van der Waals surface area contributed by atoms with Crippen molar-refractivity contribution in [2.24, 2.45) is 10.8 Å². The van der Waals surface area contributed by atoms with Crippen LogP contribution in [0.2, 0.25) is 0 Å². The fourth-order valence-electron chi connectivity index (χ4n) is 10.6. The van der Waals surface area contributed by atoms with Crippen molar-refractivity contribution in [3.8, 4) is 0 Å². The Labute approximate surface area is 336 Å². The third-order valence-electron chi connectivity index (χ3n) is 14.1. The number of hydrogen-bond donors (Lipinski definition) is 2. The molecule has 2 nitrogen and oxygen atoms in total. The van der Waals surface area contributed by atoms with Crippen molar-refractivity contribution in [3.63, 3.8) is 0 Å². The Morgan fingerprint density at radius 1 is 0.264 bits per heavy atom. The lowest BCUT2D eigenvalue weighted by molar-refractivity contribution is -0.0311. The van der Waals surface area contributed by atoms with Crippen molar-refractivity contribution < 1.29 is 10.2 Å². The van der Waals surface area contributed by atoms with Crippen LogP contribution in [0.4, 0.5) is 0 Å². The summed E-state index contributed by atoms with van der Waals surface area (Å²) in [5.74, 6) is 0. The van der Waals surface area contributed by atoms with E-state index in [4.69, 9.17) is 0 Å². The van der Waals surface area contributed by atoms with Crippen molar-refractivity contribution in [2.75, 3.05) is 13.2 Å². The summed E-state index contributed by atoms with van der Waals surface area (Å²) >= 11 is 0. The van der Waals surface area contributed by atoms with Crippen LogP contribution >= 0.6 is 0 Å². The average molecular weight is 747 g/mol. The van der Waals surface area contributed by atoms with E-state index in [1.54, 1.807) is 0 Å². The Morgan fingerprint density at radius 2 is 0.472 bits per heavy atom. The number of aliphatic hydroxyl groups excluding tert-OH is 2. The van der Waals surface area contributed by atoms with E-state index in [0.717, 1.165) is 12.8 Å². The van der Waals surface area contributed by atoms with Gasteiger partial charge in [0.2, 0.25) is 0 Å².